The van der Waals surface area contributed by atoms with E-state index in [1.54, 1.807) is 12.1 Å². The number of amides is 1. The molecular formula is C21H30N2O4S. The van der Waals surface area contributed by atoms with Gasteiger partial charge in [0.15, 0.2) is 0 Å². The molecule has 0 unspecified atom stereocenters. The lowest BCUT2D eigenvalue weighted by atomic mass is 9.49. The largest absolute Gasteiger partial charge is 0.495 e. The Labute approximate surface area is 167 Å². The number of hydrogen-bond acceptors (Lipinski definition) is 4. The van der Waals surface area contributed by atoms with Crippen LogP contribution in [0.3, 0.4) is 0 Å². The van der Waals surface area contributed by atoms with Crippen LogP contribution >= 0.6 is 0 Å². The van der Waals surface area contributed by atoms with Gasteiger partial charge in [0.1, 0.15) is 10.6 Å². The minimum absolute atomic E-state index is 0.0162. The van der Waals surface area contributed by atoms with E-state index in [0.29, 0.717) is 12.1 Å². The monoisotopic (exact) mass is 406 g/mol. The Balaban J connectivity index is 1.51. The molecule has 1 aromatic rings. The Morgan fingerprint density at radius 3 is 2.21 bits per heavy atom. The van der Waals surface area contributed by atoms with Crippen molar-refractivity contribution < 1.29 is 17.9 Å². The third-order valence-corrected chi connectivity index (χ3v) is 8.81. The van der Waals surface area contributed by atoms with Crippen molar-refractivity contribution in [1.82, 2.24) is 9.62 Å². The van der Waals surface area contributed by atoms with Gasteiger partial charge in [0.25, 0.3) is 5.91 Å². The Morgan fingerprint density at radius 1 is 1.14 bits per heavy atom. The van der Waals surface area contributed by atoms with Gasteiger partial charge in [0, 0.05) is 26.2 Å². The van der Waals surface area contributed by atoms with E-state index in [0.717, 1.165) is 22.1 Å². The third-order valence-electron chi connectivity index (χ3n) is 6.97. The van der Waals surface area contributed by atoms with Gasteiger partial charge in [-0.15, -0.1) is 0 Å². The summed E-state index contributed by atoms with van der Waals surface area (Å²) in [6.07, 6.45) is 7.79. The van der Waals surface area contributed by atoms with E-state index in [-0.39, 0.29) is 22.0 Å². The van der Waals surface area contributed by atoms with Crippen LogP contribution < -0.4 is 10.1 Å². The highest BCUT2D eigenvalue weighted by molar-refractivity contribution is 7.89. The van der Waals surface area contributed by atoms with Gasteiger partial charge in [-0.1, -0.05) is 0 Å². The number of carbonyl (C=O) groups excluding carboxylic acids is 1. The third kappa shape index (κ3) is 3.43. The second-order valence-electron chi connectivity index (χ2n) is 9.25. The summed E-state index contributed by atoms with van der Waals surface area (Å²) >= 11 is 0. The summed E-state index contributed by atoms with van der Waals surface area (Å²) in [6.45, 7) is 0.692. The smallest absolute Gasteiger partial charge is 0.251 e. The maximum Gasteiger partial charge on any atom is 0.251 e. The molecule has 4 aliphatic rings. The second kappa shape index (κ2) is 7.02. The van der Waals surface area contributed by atoms with Gasteiger partial charge in [-0.2, -0.15) is 0 Å². The average molecular weight is 407 g/mol. The maximum absolute atomic E-state index is 12.8. The molecule has 4 aliphatic carbocycles. The standard InChI is InChI=1S/C21H30N2O4S/c1-23(2)28(25,26)19-9-17(4-5-18(19)27-3)20(24)22-13-21-10-14-6-15(11-21)8-16(7-14)12-21/h4-5,9,14-16H,6-8,10-13H2,1-3H3,(H,22,24). The molecule has 0 heterocycles. The van der Waals surface area contributed by atoms with E-state index in [2.05, 4.69) is 5.32 Å². The van der Waals surface area contributed by atoms with E-state index in [4.69, 9.17) is 4.74 Å². The quantitative estimate of drug-likeness (QED) is 0.788. The molecule has 0 saturated heterocycles. The number of nitrogens with zero attached hydrogens (tertiary/aromatic N) is 1. The van der Waals surface area contributed by atoms with Crippen LogP contribution in [0.25, 0.3) is 0 Å². The zero-order valence-electron chi connectivity index (χ0n) is 16.9. The summed E-state index contributed by atoms with van der Waals surface area (Å²) in [5.74, 6) is 2.53. The second-order valence-corrected chi connectivity index (χ2v) is 11.4. The van der Waals surface area contributed by atoms with Crippen molar-refractivity contribution in [2.45, 2.75) is 43.4 Å². The zero-order chi connectivity index (χ0) is 20.1. The van der Waals surface area contributed by atoms with Crippen molar-refractivity contribution in [3.63, 3.8) is 0 Å². The van der Waals surface area contributed by atoms with Gasteiger partial charge in [-0.3, -0.25) is 4.79 Å². The van der Waals surface area contributed by atoms with Crippen LogP contribution in [0.15, 0.2) is 23.1 Å². The first-order chi connectivity index (χ1) is 13.2. The number of hydrogen-bond donors (Lipinski definition) is 1. The van der Waals surface area contributed by atoms with Crippen LogP contribution in [-0.4, -0.2) is 46.4 Å². The lowest BCUT2D eigenvalue weighted by Gasteiger charge is -2.56. The fraction of sp³-hybridized carbons (Fsp3) is 0.667. The molecule has 0 radical (unpaired) electrons. The molecule has 0 aromatic heterocycles. The number of ether oxygens (including phenoxy) is 1. The first-order valence-corrected chi connectivity index (χ1v) is 11.6. The van der Waals surface area contributed by atoms with Crippen LogP contribution in [0.1, 0.15) is 48.9 Å². The van der Waals surface area contributed by atoms with Crippen LogP contribution in [0.5, 0.6) is 5.75 Å². The van der Waals surface area contributed by atoms with Gasteiger partial charge in [0.05, 0.1) is 7.11 Å². The number of methoxy groups -OCH3 is 1. The van der Waals surface area contributed by atoms with Gasteiger partial charge in [-0.05, 0) is 79.9 Å². The molecule has 0 aliphatic heterocycles. The van der Waals surface area contributed by atoms with Crippen molar-refractivity contribution in [2.75, 3.05) is 27.7 Å². The first kappa shape index (κ1) is 19.7. The SMILES string of the molecule is COc1ccc(C(=O)NCC23CC4CC(CC(C4)C2)C3)cc1S(=O)(=O)N(C)C. The molecule has 1 amide bonds. The summed E-state index contributed by atoms with van der Waals surface area (Å²) in [5, 5.41) is 3.11. The van der Waals surface area contributed by atoms with Crippen LogP contribution in [-0.2, 0) is 10.0 Å². The van der Waals surface area contributed by atoms with E-state index < -0.39 is 10.0 Å². The molecule has 0 spiro atoms. The van der Waals surface area contributed by atoms with Gasteiger partial charge >= 0.3 is 0 Å². The fourth-order valence-corrected chi connectivity index (χ4v) is 7.17. The minimum atomic E-state index is -3.70. The highest BCUT2D eigenvalue weighted by Gasteiger charge is 2.50. The molecule has 7 heteroatoms. The first-order valence-electron chi connectivity index (χ1n) is 10.1. The Bertz CT molecular complexity index is 843. The summed E-state index contributed by atoms with van der Waals surface area (Å²) in [6, 6.07) is 4.60. The van der Waals surface area contributed by atoms with E-state index >= 15 is 0 Å². The lowest BCUT2D eigenvalue weighted by Crippen LogP contribution is -2.51. The fourth-order valence-electron chi connectivity index (χ4n) is 6.09. The van der Waals surface area contributed by atoms with Crippen molar-refractivity contribution in [2.24, 2.45) is 23.2 Å². The molecule has 5 rings (SSSR count). The molecule has 4 fully saturated rings. The molecule has 1 N–H and O–H groups in total. The average Bonchev–Trinajstić information content (AvgIpc) is 2.64. The zero-order valence-corrected chi connectivity index (χ0v) is 17.7. The number of carbonyl (C=O) groups is 1. The summed E-state index contributed by atoms with van der Waals surface area (Å²) in [4.78, 5) is 12.8. The highest BCUT2D eigenvalue weighted by Crippen LogP contribution is 2.59. The highest BCUT2D eigenvalue weighted by atomic mass is 32.2. The topological polar surface area (TPSA) is 75.7 Å². The normalized spacial score (nSPS) is 31.2. The number of rotatable bonds is 6. The van der Waals surface area contributed by atoms with E-state index in [1.165, 1.54) is 65.8 Å². The molecule has 28 heavy (non-hydrogen) atoms. The van der Waals surface area contributed by atoms with Gasteiger partial charge in [0.2, 0.25) is 10.0 Å². The number of benzene rings is 1. The maximum atomic E-state index is 12.8. The Kier molecular flexibility index (Phi) is 4.94. The van der Waals surface area contributed by atoms with Crippen molar-refractivity contribution in [3.8, 4) is 5.75 Å². The number of nitrogens with one attached hydrogen (secondary N) is 1. The van der Waals surface area contributed by atoms with Gasteiger partial charge < -0.3 is 10.1 Å². The predicted molar refractivity (Wildman–Crippen MR) is 107 cm³/mol. The lowest BCUT2D eigenvalue weighted by molar-refractivity contribution is -0.0503. The molecule has 154 valence electrons. The van der Waals surface area contributed by atoms with Crippen molar-refractivity contribution in [1.29, 1.82) is 0 Å². The minimum Gasteiger partial charge on any atom is -0.495 e. The molecular weight excluding hydrogens is 376 g/mol. The summed E-state index contributed by atoms with van der Waals surface area (Å²) in [7, 11) is 0.662. The van der Waals surface area contributed by atoms with E-state index in [1.807, 2.05) is 0 Å². The summed E-state index contributed by atoms with van der Waals surface area (Å²) in [5.41, 5.74) is 0.598. The van der Waals surface area contributed by atoms with Gasteiger partial charge in [-0.25, -0.2) is 12.7 Å². The molecule has 4 saturated carbocycles. The van der Waals surface area contributed by atoms with Crippen molar-refractivity contribution in [3.05, 3.63) is 23.8 Å². The molecule has 0 atom stereocenters. The predicted octanol–water partition coefficient (Wildman–Crippen LogP) is 2.89. The van der Waals surface area contributed by atoms with Crippen LogP contribution in [0, 0.1) is 23.2 Å². The molecule has 4 bridgehead atoms. The van der Waals surface area contributed by atoms with Crippen molar-refractivity contribution >= 4 is 15.9 Å². The van der Waals surface area contributed by atoms with Crippen LogP contribution in [0.2, 0.25) is 0 Å². The summed E-state index contributed by atoms with van der Waals surface area (Å²) < 4.78 is 31.5. The number of sulfonamides is 1. The molecule has 1 aromatic carbocycles. The Morgan fingerprint density at radius 2 is 1.71 bits per heavy atom. The van der Waals surface area contributed by atoms with E-state index in [9.17, 15) is 13.2 Å². The molecule has 6 nitrogen and oxygen atoms in total. The Hall–Kier alpha value is -1.60. The van der Waals surface area contributed by atoms with Crippen LogP contribution in [0.4, 0.5) is 0 Å².